The highest BCUT2D eigenvalue weighted by atomic mass is 14.8. The zero-order valence-corrected chi connectivity index (χ0v) is 57.4. The maximum Gasteiger partial charge on any atom is 0.0738 e. The number of rotatable bonds is 31. The lowest BCUT2D eigenvalue weighted by Crippen LogP contribution is -1.95. The van der Waals surface area contributed by atoms with Crippen LogP contribution in [0, 0.1) is 0 Å². The minimum absolute atomic E-state index is 0.870. The minimum Gasteiger partial charge on any atom is -0.355 e. The third-order valence-corrected chi connectivity index (χ3v) is 19.6. The fourth-order valence-corrected chi connectivity index (χ4v) is 14.5. The number of aromatic amines is 4. The molecule has 4 N–H and O–H groups in total. The molecule has 0 atom stereocenters. The Labute approximate surface area is 560 Å². The Morgan fingerprint density at radius 1 is 0.245 bits per heavy atom. The molecule has 486 valence electrons. The van der Waals surface area contributed by atoms with Gasteiger partial charge in [-0.2, -0.15) is 0 Å². The van der Waals surface area contributed by atoms with Crippen LogP contribution in [-0.2, 0) is 38.5 Å². The molecule has 10 heterocycles. The lowest BCUT2D eigenvalue weighted by Gasteiger charge is -2.12. The normalized spacial score (nSPS) is 12.5. The largest absolute Gasteiger partial charge is 0.355 e. The molecular weight excluding hydrogens is 1150 g/mol. The summed E-state index contributed by atoms with van der Waals surface area (Å²) < 4.78 is 0. The molecular formula is C86H102N8. The summed E-state index contributed by atoms with van der Waals surface area (Å²) in [5.74, 6) is 0. The molecule has 0 aliphatic carbocycles. The van der Waals surface area contributed by atoms with E-state index in [9.17, 15) is 0 Å². The van der Waals surface area contributed by atoms with E-state index in [1.807, 2.05) is 0 Å². The molecule has 0 radical (unpaired) electrons. The van der Waals surface area contributed by atoms with Crippen LogP contribution in [0.1, 0.15) is 262 Å². The summed E-state index contributed by atoms with van der Waals surface area (Å²) in [5.41, 5.74) is 30.2. The smallest absolute Gasteiger partial charge is 0.0738 e. The molecule has 2 aromatic carbocycles. The molecule has 6 aromatic heterocycles. The van der Waals surface area contributed by atoms with E-state index >= 15 is 0 Å². The van der Waals surface area contributed by atoms with E-state index in [4.69, 9.17) is 19.9 Å². The Kier molecular flexibility index (Phi) is 22.5. The van der Waals surface area contributed by atoms with Crippen molar-refractivity contribution in [1.82, 2.24) is 39.9 Å². The predicted molar refractivity (Wildman–Crippen MR) is 405 cm³/mol. The molecule has 0 saturated heterocycles. The third kappa shape index (κ3) is 15.9. The van der Waals surface area contributed by atoms with Gasteiger partial charge in [0.1, 0.15) is 0 Å². The van der Waals surface area contributed by atoms with Gasteiger partial charge >= 0.3 is 0 Å². The monoisotopic (exact) mass is 1250 g/mol. The first-order chi connectivity index (χ1) is 46.3. The number of hydrogen-bond donors (Lipinski definition) is 4. The van der Waals surface area contributed by atoms with Crippen molar-refractivity contribution in [2.75, 3.05) is 0 Å². The van der Waals surface area contributed by atoms with Gasteiger partial charge in [0.2, 0.25) is 0 Å². The second-order valence-electron chi connectivity index (χ2n) is 27.1. The van der Waals surface area contributed by atoms with Crippen LogP contribution in [0.3, 0.4) is 0 Å². The molecule has 0 unspecified atom stereocenters. The highest BCUT2D eigenvalue weighted by molar-refractivity contribution is 6.03. The molecule has 94 heavy (non-hydrogen) atoms. The molecule has 0 fully saturated rings. The van der Waals surface area contributed by atoms with Gasteiger partial charge in [-0.25, -0.2) is 19.9 Å². The molecule has 12 rings (SSSR count). The van der Waals surface area contributed by atoms with Gasteiger partial charge in [0.15, 0.2) is 0 Å². The standard InChI is InChI=1S/C86H102N8/c1-7-13-19-21-23-25-27-33-69-71-39-35-65(87-71)57-66-36-40-72(88-66)70(34-28-26-24-22-20-14-8-2)74-44-46-80(92-74)85(79-45-43-73(69)91-79)86-81-49-47-77(93-81)83(63-53-59(29-15-9-3)51-60(54-63)30-16-10-4)75-41-37-67(89-75)58-68-38-42-76(90-68)84(78-48-50-82(86)94-78)64-55-61(31-17-11-5)52-62(56-64)32-18-12-6/h35-58,87,89,92,94H,7-34H2,1-6H3. The van der Waals surface area contributed by atoms with Crippen LogP contribution in [0.4, 0.5) is 0 Å². The second kappa shape index (κ2) is 32.2. The summed E-state index contributed by atoms with van der Waals surface area (Å²) in [6.45, 7) is 13.8. The van der Waals surface area contributed by atoms with Crippen LogP contribution < -0.4 is 0 Å². The van der Waals surface area contributed by atoms with Crippen molar-refractivity contribution < 1.29 is 0 Å². The van der Waals surface area contributed by atoms with Crippen molar-refractivity contribution in [2.45, 2.75) is 221 Å². The lowest BCUT2D eigenvalue weighted by atomic mass is 9.94. The number of benzene rings is 2. The van der Waals surface area contributed by atoms with Crippen molar-refractivity contribution in [3.63, 3.8) is 0 Å². The van der Waals surface area contributed by atoms with Crippen molar-refractivity contribution in [3.8, 4) is 33.4 Å². The number of nitrogens with one attached hydrogen (secondary N) is 4. The highest BCUT2D eigenvalue weighted by Gasteiger charge is 2.23. The summed E-state index contributed by atoms with van der Waals surface area (Å²) >= 11 is 0. The van der Waals surface area contributed by atoms with Crippen LogP contribution in [0.5, 0.6) is 0 Å². The fourth-order valence-electron chi connectivity index (χ4n) is 14.5. The Hall–Kier alpha value is -8.36. The Morgan fingerprint density at radius 2 is 0.553 bits per heavy atom. The van der Waals surface area contributed by atoms with Gasteiger partial charge in [0.25, 0.3) is 0 Å². The summed E-state index contributed by atoms with van der Waals surface area (Å²) in [5, 5.41) is 0. The quantitative estimate of drug-likeness (QED) is 0.0324. The molecule has 0 saturated carbocycles. The number of fused-ring (bicyclic) bond motifs is 16. The van der Waals surface area contributed by atoms with Crippen LogP contribution in [0.15, 0.2) is 97.1 Å². The Morgan fingerprint density at radius 3 is 1.04 bits per heavy atom. The van der Waals surface area contributed by atoms with Gasteiger partial charge in [0, 0.05) is 77.5 Å². The molecule has 8 heteroatoms. The van der Waals surface area contributed by atoms with Gasteiger partial charge < -0.3 is 19.9 Å². The average molecular weight is 1250 g/mol. The Balaban J connectivity index is 1.19. The zero-order valence-electron chi connectivity index (χ0n) is 57.4. The van der Waals surface area contributed by atoms with Crippen molar-refractivity contribution in [2.24, 2.45) is 0 Å². The summed E-state index contributed by atoms with van der Waals surface area (Å²) in [6.07, 6.45) is 50.4. The maximum atomic E-state index is 5.97. The predicted octanol–water partition coefficient (Wildman–Crippen LogP) is 24.6. The average Bonchev–Trinajstić information content (AvgIpc) is 1.60. The summed E-state index contributed by atoms with van der Waals surface area (Å²) in [4.78, 5) is 39.0. The van der Waals surface area contributed by atoms with Gasteiger partial charge in [-0.1, -0.05) is 181 Å². The second-order valence-corrected chi connectivity index (χ2v) is 27.1. The molecule has 8 aromatic rings. The number of aryl methyl sites for hydroxylation is 6. The number of nitrogens with zero attached hydrogens (tertiary/aromatic N) is 4. The van der Waals surface area contributed by atoms with E-state index in [2.05, 4.69) is 207 Å². The van der Waals surface area contributed by atoms with E-state index in [-0.39, 0.29) is 0 Å². The highest BCUT2D eigenvalue weighted by Crippen LogP contribution is 2.41. The third-order valence-electron chi connectivity index (χ3n) is 19.6. The van der Waals surface area contributed by atoms with E-state index in [0.29, 0.717) is 0 Å². The first-order valence-corrected chi connectivity index (χ1v) is 36.8. The van der Waals surface area contributed by atoms with Gasteiger partial charge in [-0.3, -0.25) is 0 Å². The van der Waals surface area contributed by atoms with Crippen molar-refractivity contribution in [3.05, 3.63) is 176 Å². The van der Waals surface area contributed by atoms with Gasteiger partial charge in [-0.15, -0.1) is 0 Å². The molecule has 8 nitrogen and oxygen atoms in total. The zero-order chi connectivity index (χ0) is 64.6. The van der Waals surface area contributed by atoms with Gasteiger partial charge in [0.05, 0.1) is 45.6 Å². The number of aromatic nitrogens is 8. The summed E-state index contributed by atoms with van der Waals surface area (Å²) in [6, 6.07) is 37.3. The maximum absolute atomic E-state index is 5.97. The lowest BCUT2D eigenvalue weighted by molar-refractivity contribution is 0.589. The molecule has 16 bridgehead atoms. The number of hydrogen-bond acceptors (Lipinski definition) is 4. The van der Waals surface area contributed by atoms with E-state index in [1.165, 1.54) is 122 Å². The van der Waals surface area contributed by atoms with E-state index < -0.39 is 0 Å². The van der Waals surface area contributed by atoms with Crippen LogP contribution >= 0.6 is 0 Å². The number of H-pyrrole nitrogens is 4. The van der Waals surface area contributed by atoms with Crippen LogP contribution in [0.25, 0.3) is 126 Å². The summed E-state index contributed by atoms with van der Waals surface area (Å²) in [7, 11) is 0. The first kappa shape index (κ1) is 65.7. The first-order valence-electron chi connectivity index (χ1n) is 36.8. The molecule has 4 aliphatic heterocycles. The van der Waals surface area contributed by atoms with Crippen LogP contribution in [0.2, 0.25) is 0 Å². The SMILES string of the molecule is CCCCCCCCCc1c2nc(c(-c3c4nc(c(-c5cc(CCCC)cc(CCCC)c5)c5ccc(cc6nc(c(-c7cc(CCCC)cc(CCCC)c7)c7ccc3[nH]7)C=C6)[nH]5)C=C4)c3ccc([nH]3)c(CCCCCCCCC)c3nc(cc4ccc1[nH]4)C=C3)C=C2. The molecule has 0 spiro atoms. The van der Waals surface area contributed by atoms with Crippen molar-refractivity contribution in [1.29, 1.82) is 0 Å². The van der Waals surface area contributed by atoms with E-state index in [1.54, 1.807) is 0 Å². The minimum atomic E-state index is 0.870. The fraction of sp³-hybridized carbons (Fsp3) is 0.395. The van der Waals surface area contributed by atoms with Crippen molar-refractivity contribution >= 4 is 92.7 Å². The number of unbranched alkanes of at least 4 members (excludes halogenated alkanes) is 16. The van der Waals surface area contributed by atoms with E-state index in [0.717, 1.165) is 215 Å². The molecule has 4 aliphatic rings. The topological polar surface area (TPSA) is 115 Å². The Bertz CT molecular complexity index is 4300. The van der Waals surface area contributed by atoms with Gasteiger partial charge in [-0.05, 0) is 220 Å². The molecule has 0 amide bonds. The van der Waals surface area contributed by atoms with Crippen LogP contribution in [-0.4, -0.2) is 39.9 Å².